The minimum atomic E-state index is -1.44. The molecule has 0 amide bonds. The summed E-state index contributed by atoms with van der Waals surface area (Å²) in [5, 5.41) is 0. The molecule has 0 saturated carbocycles. The summed E-state index contributed by atoms with van der Waals surface area (Å²) in [7, 11) is 1.35. The van der Waals surface area contributed by atoms with Crippen LogP contribution >= 0.6 is 0 Å². The maximum atomic E-state index is 13.3. The molecule has 17 heavy (non-hydrogen) atoms. The van der Waals surface area contributed by atoms with Crippen LogP contribution in [0.25, 0.3) is 5.76 Å². The number of hydrogen-bond donors (Lipinski definition) is 0. The molecule has 0 N–H and O–H groups in total. The zero-order chi connectivity index (χ0) is 12.4. The Morgan fingerprint density at radius 3 is 2.94 bits per heavy atom. The standard InChI is InChI=1S/C13H11FO3/c1-17-12(7-15)9-3-2-8-4-5-11(14)13(16)10(8)6-9/h2-3,6,11H,4-5H2,1H3. The van der Waals surface area contributed by atoms with Crippen LogP contribution < -0.4 is 0 Å². The molecule has 1 aromatic rings. The van der Waals surface area contributed by atoms with Crippen molar-refractivity contribution in [3.8, 4) is 0 Å². The highest BCUT2D eigenvalue weighted by Crippen LogP contribution is 2.26. The second kappa shape index (κ2) is 4.52. The highest BCUT2D eigenvalue weighted by Gasteiger charge is 2.27. The first-order valence-corrected chi connectivity index (χ1v) is 5.28. The summed E-state index contributed by atoms with van der Waals surface area (Å²) in [5.41, 5.74) is 1.60. The molecular weight excluding hydrogens is 223 g/mol. The molecule has 0 bridgehead atoms. The Hall–Kier alpha value is -1.93. The van der Waals surface area contributed by atoms with Crippen LogP contribution in [0.1, 0.15) is 27.9 Å². The first-order chi connectivity index (χ1) is 8.17. The molecule has 0 aliphatic heterocycles. The van der Waals surface area contributed by atoms with Crippen LogP contribution in [0.2, 0.25) is 0 Å². The lowest BCUT2D eigenvalue weighted by molar-refractivity contribution is 0.0856. The van der Waals surface area contributed by atoms with Gasteiger partial charge in [-0.05, 0) is 24.5 Å². The van der Waals surface area contributed by atoms with Gasteiger partial charge in [0.05, 0.1) is 7.11 Å². The van der Waals surface area contributed by atoms with Crippen LogP contribution in [0, 0.1) is 0 Å². The van der Waals surface area contributed by atoms with E-state index in [2.05, 4.69) is 0 Å². The van der Waals surface area contributed by atoms with E-state index < -0.39 is 12.0 Å². The van der Waals surface area contributed by atoms with Gasteiger partial charge in [-0.25, -0.2) is 9.18 Å². The van der Waals surface area contributed by atoms with E-state index in [-0.39, 0.29) is 12.2 Å². The average Bonchev–Trinajstić information content (AvgIpc) is 2.36. The first kappa shape index (κ1) is 11.6. The monoisotopic (exact) mass is 234 g/mol. The van der Waals surface area contributed by atoms with Gasteiger partial charge in [-0.2, -0.15) is 0 Å². The maximum Gasteiger partial charge on any atom is 0.210 e. The quantitative estimate of drug-likeness (QED) is 0.580. The zero-order valence-electron chi connectivity index (χ0n) is 9.33. The molecule has 1 unspecified atom stereocenters. The van der Waals surface area contributed by atoms with E-state index in [9.17, 15) is 14.0 Å². The summed E-state index contributed by atoms with van der Waals surface area (Å²) < 4.78 is 18.1. The summed E-state index contributed by atoms with van der Waals surface area (Å²) in [6, 6.07) is 4.90. The van der Waals surface area contributed by atoms with E-state index in [0.717, 1.165) is 5.56 Å². The molecule has 0 saturated heterocycles. The minimum absolute atomic E-state index is 0.0154. The van der Waals surface area contributed by atoms with Crippen LogP contribution in [-0.4, -0.2) is 25.0 Å². The van der Waals surface area contributed by atoms with E-state index in [4.69, 9.17) is 4.74 Å². The van der Waals surface area contributed by atoms with Crippen molar-refractivity contribution in [1.29, 1.82) is 0 Å². The minimum Gasteiger partial charge on any atom is -0.486 e. The Morgan fingerprint density at radius 2 is 2.29 bits per heavy atom. The fourth-order valence-electron chi connectivity index (χ4n) is 1.97. The summed E-state index contributed by atoms with van der Waals surface area (Å²) in [4.78, 5) is 22.2. The number of fused-ring (bicyclic) bond motifs is 1. The second-order valence-electron chi connectivity index (χ2n) is 3.88. The molecule has 1 aromatic carbocycles. The molecule has 88 valence electrons. The van der Waals surface area contributed by atoms with Crippen molar-refractivity contribution >= 4 is 17.5 Å². The maximum absolute atomic E-state index is 13.3. The van der Waals surface area contributed by atoms with Gasteiger partial charge in [0.2, 0.25) is 5.76 Å². The topological polar surface area (TPSA) is 43.4 Å². The molecule has 0 radical (unpaired) electrons. The van der Waals surface area contributed by atoms with Gasteiger partial charge in [0.1, 0.15) is 0 Å². The molecule has 0 fully saturated rings. The number of hydrogen-bond acceptors (Lipinski definition) is 3. The predicted molar refractivity (Wildman–Crippen MR) is 60.1 cm³/mol. The third-order valence-corrected chi connectivity index (χ3v) is 2.89. The molecule has 0 spiro atoms. The number of rotatable bonds is 2. The Labute approximate surface area is 97.9 Å². The average molecular weight is 234 g/mol. The normalized spacial score (nSPS) is 18.2. The van der Waals surface area contributed by atoms with Gasteiger partial charge in [0.25, 0.3) is 0 Å². The van der Waals surface area contributed by atoms with Crippen LogP contribution in [-0.2, 0) is 16.0 Å². The Bertz CT molecular complexity index is 515. The number of aryl methyl sites for hydroxylation is 1. The SMILES string of the molecule is COC(=C=O)c1ccc2c(c1)C(=O)C(F)CC2. The number of Topliss-reactive ketones (excluding diaryl/α,β-unsaturated/α-hetero) is 1. The van der Waals surface area contributed by atoms with Gasteiger partial charge in [-0.1, -0.05) is 12.1 Å². The third kappa shape index (κ3) is 1.99. The van der Waals surface area contributed by atoms with Crippen LogP contribution in [0.5, 0.6) is 0 Å². The van der Waals surface area contributed by atoms with Crippen molar-refractivity contribution in [3.05, 3.63) is 34.9 Å². The smallest absolute Gasteiger partial charge is 0.210 e. The fourth-order valence-corrected chi connectivity index (χ4v) is 1.97. The van der Waals surface area contributed by atoms with Gasteiger partial charge >= 0.3 is 0 Å². The van der Waals surface area contributed by atoms with Crippen molar-refractivity contribution in [2.24, 2.45) is 0 Å². The summed E-state index contributed by atoms with van der Waals surface area (Å²) in [5.74, 6) is 1.14. The van der Waals surface area contributed by atoms with Crippen molar-refractivity contribution in [2.75, 3.05) is 7.11 Å². The molecule has 4 heteroatoms. The number of ketones is 1. The summed E-state index contributed by atoms with van der Waals surface area (Å²) in [6.45, 7) is 0. The van der Waals surface area contributed by atoms with Crippen LogP contribution in [0.4, 0.5) is 4.39 Å². The Balaban J connectivity index is 2.49. The van der Waals surface area contributed by atoms with E-state index in [1.54, 1.807) is 18.1 Å². The van der Waals surface area contributed by atoms with E-state index in [1.165, 1.54) is 13.2 Å². The van der Waals surface area contributed by atoms with Gasteiger partial charge in [-0.15, -0.1) is 0 Å². The number of carbonyl (C=O) groups excluding carboxylic acids is 2. The van der Waals surface area contributed by atoms with Gasteiger partial charge in [0, 0.05) is 11.1 Å². The molecule has 2 rings (SSSR count). The lowest BCUT2D eigenvalue weighted by Crippen LogP contribution is -2.23. The van der Waals surface area contributed by atoms with Crippen molar-refractivity contribution in [2.45, 2.75) is 19.0 Å². The van der Waals surface area contributed by atoms with Gasteiger partial charge < -0.3 is 4.74 Å². The molecule has 3 nitrogen and oxygen atoms in total. The lowest BCUT2D eigenvalue weighted by atomic mass is 9.88. The highest BCUT2D eigenvalue weighted by molar-refractivity contribution is 6.02. The largest absolute Gasteiger partial charge is 0.486 e. The number of halogens is 1. The van der Waals surface area contributed by atoms with Gasteiger partial charge in [-0.3, -0.25) is 4.79 Å². The molecule has 1 atom stereocenters. The van der Waals surface area contributed by atoms with Crippen molar-refractivity contribution in [1.82, 2.24) is 0 Å². The zero-order valence-corrected chi connectivity index (χ0v) is 9.33. The van der Waals surface area contributed by atoms with E-state index >= 15 is 0 Å². The van der Waals surface area contributed by atoms with E-state index in [0.29, 0.717) is 17.5 Å². The molecule has 0 aromatic heterocycles. The second-order valence-corrected chi connectivity index (χ2v) is 3.88. The van der Waals surface area contributed by atoms with Crippen LogP contribution in [0.15, 0.2) is 18.2 Å². The fraction of sp³-hybridized carbons (Fsp3) is 0.308. The number of methoxy groups -OCH3 is 1. The van der Waals surface area contributed by atoms with Gasteiger partial charge in [0.15, 0.2) is 17.9 Å². The van der Waals surface area contributed by atoms with Crippen LogP contribution in [0.3, 0.4) is 0 Å². The van der Waals surface area contributed by atoms with Crippen molar-refractivity contribution < 1.29 is 18.7 Å². The first-order valence-electron chi connectivity index (χ1n) is 5.28. The number of benzene rings is 1. The Morgan fingerprint density at radius 1 is 1.53 bits per heavy atom. The number of carbonyl (C=O) groups is 1. The number of ether oxygens (including phenoxy) is 1. The highest BCUT2D eigenvalue weighted by atomic mass is 19.1. The molecule has 1 aliphatic rings. The summed E-state index contributed by atoms with van der Waals surface area (Å²) >= 11 is 0. The van der Waals surface area contributed by atoms with Crippen molar-refractivity contribution in [3.63, 3.8) is 0 Å². The van der Waals surface area contributed by atoms with E-state index in [1.807, 2.05) is 0 Å². The third-order valence-electron chi connectivity index (χ3n) is 2.89. The Kier molecular flexibility index (Phi) is 3.07. The summed E-state index contributed by atoms with van der Waals surface area (Å²) in [6.07, 6.45) is -0.675. The number of alkyl halides is 1. The lowest BCUT2D eigenvalue weighted by Gasteiger charge is -2.18. The molecular formula is C13H11FO3. The molecule has 1 aliphatic carbocycles. The predicted octanol–water partition coefficient (Wildman–Crippen LogP) is 1.97. The molecule has 0 heterocycles.